The van der Waals surface area contributed by atoms with Gasteiger partial charge in [0.15, 0.2) is 0 Å². The number of rotatable bonds is 8. The number of nitrogens with one attached hydrogen (secondary N) is 1. The number of hydrogen-bond acceptors (Lipinski definition) is 3. The molecule has 4 nitrogen and oxygen atoms in total. The second-order valence-corrected chi connectivity index (χ2v) is 5.10. The molecule has 1 aromatic carbocycles. The molecule has 0 unspecified atom stereocenters. The van der Waals surface area contributed by atoms with Crippen LogP contribution in [0.25, 0.3) is 0 Å². The van der Waals surface area contributed by atoms with Crippen LogP contribution in [-0.4, -0.2) is 38.0 Å². The van der Waals surface area contributed by atoms with Crippen molar-refractivity contribution >= 4 is 11.6 Å². The Balaban J connectivity index is 2.09. The molecular formula is C15H25N3O. The number of nitrogens with zero attached hydrogens (tertiary/aromatic N) is 1. The first-order valence-corrected chi connectivity index (χ1v) is 6.88. The minimum atomic E-state index is -0.0201. The number of hydrogen-bond donors (Lipinski definition) is 2. The Labute approximate surface area is 116 Å². The highest BCUT2D eigenvalue weighted by molar-refractivity contribution is 5.94. The van der Waals surface area contributed by atoms with Crippen molar-refractivity contribution in [3.63, 3.8) is 0 Å². The summed E-state index contributed by atoms with van der Waals surface area (Å²) in [5.41, 5.74) is 6.93. The summed E-state index contributed by atoms with van der Waals surface area (Å²) in [6.45, 7) is 1.88. The van der Waals surface area contributed by atoms with Crippen molar-refractivity contribution in [2.45, 2.75) is 25.7 Å². The van der Waals surface area contributed by atoms with Gasteiger partial charge in [0.05, 0.1) is 0 Å². The summed E-state index contributed by atoms with van der Waals surface area (Å²) in [7, 11) is 4.18. The van der Waals surface area contributed by atoms with E-state index in [0.717, 1.165) is 25.9 Å². The largest absolute Gasteiger partial charge is 0.399 e. The predicted octanol–water partition coefficient (Wildman–Crippen LogP) is 2.12. The fourth-order valence-electron chi connectivity index (χ4n) is 1.85. The van der Waals surface area contributed by atoms with Crippen LogP contribution in [0.1, 0.15) is 36.0 Å². The second-order valence-electron chi connectivity index (χ2n) is 5.10. The molecule has 0 aliphatic carbocycles. The normalized spacial score (nSPS) is 10.7. The van der Waals surface area contributed by atoms with E-state index in [9.17, 15) is 4.79 Å². The van der Waals surface area contributed by atoms with E-state index in [1.165, 1.54) is 12.8 Å². The number of amides is 1. The molecule has 0 aromatic heterocycles. The minimum Gasteiger partial charge on any atom is -0.399 e. The van der Waals surface area contributed by atoms with Gasteiger partial charge in [0.2, 0.25) is 0 Å². The van der Waals surface area contributed by atoms with Gasteiger partial charge in [-0.2, -0.15) is 0 Å². The van der Waals surface area contributed by atoms with Crippen LogP contribution in [-0.2, 0) is 0 Å². The van der Waals surface area contributed by atoms with Crippen molar-refractivity contribution in [3.05, 3.63) is 29.8 Å². The Bertz CT molecular complexity index is 373. The Morgan fingerprint density at radius 2 is 1.74 bits per heavy atom. The monoisotopic (exact) mass is 263 g/mol. The first-order valence-electron chi connectivity index (χ1n) is 6.88. The molecule has 3 N–H and O–H groups in total. The van der Waals surface area contributed by atoms with Gasteiger partial charge in [-0.25, -0.2) is 0 Å². The van der Waals surface area contributed by atoms with E-state index in [0.29, 0.717) is 11.3 Å². The van der Waals surface area contributed by atoms with Crippen LogP contribution >= 0.6 is 0 Å². The van der Waals surface area contributed by atoms with Gasteiger partial charge < -0.3 is 16.0 Å². The van der Waals surface area contributed by atoms with Crippen LogP contribution < -0.4 is 11.1 Å². The second kappa shape index (κ2) is 8.53. The van der Waals surface area contributed by atoms with Gasteiger partial charge in [0.1, 0.15) is 0 Å². The number of anilines is 1. The van der Waals surface area contributed by atoms with E-state index in [2.05, 4.69) is 24.3 Å². The molecule has 1 rings (SSSR count). The van der Waals surface area contributed by atoms with Gasteiger partial charge in [0.25, 0.3) is 5.91 Å². The Morgan fingerprint density at radius 1 is 1.11 bits per heavy atom. The third-order valence-corrected chi connectivity index (χ3v) is 2.99. The summed E-state index contributed by atoms with van der Waals surface area (Å²) in [6, 6.07) is 7.00. The van der Waals surface area contributed by atoms with Crippen LogP contribution in [0.15, 0.2) is 24.3 Å². The maximum atomic E-state index is 11.8. The van der Waals surface area contributed by atoms with E-state index in [1.807, 2.05) is 0 Å². The van der Waals surface area contributed by atoms with E-state index < -0.39 is 0 Å². The van der Waals surface area contributed by atoms with Gasteiger partial charge in [-0.1, -0.05) is 12.8 Å². The molecule has 19 heavy (non-hydrogen) atoms. The van der Waals surface area contributed by atoms with Gasteiger partial charge in [0, 0.05) is 17.8 Å². The van der Waals surface area contributed by atoms with Gasteiger partial charge in [-0.15, -0.1) is 0 Å². The first-order chi connectivity index (χ1) is 9.09. The zero-order valence-electron chi connectivity index (χ0n) is 12.0. The standard InChI is InChI=1S/C15H25N3O/c1-18(2)12-6-4-3-5-11-17-15(19)13-7-9-14(16)10-8-13/h7-10H,3-6,11-12,16H2,1-2H3,(H,17,19). The van der Waals surface area contributed by atoms with Crippen molar-refractivity contribution in [2.75, 3.05) is 32.9 Å². The smallest absolute Gasteiger partial charge is 0.251 e. The highest BCUT2D eigenvalue weighted by atomic mass is 16.1. The maximum Gasteiger partial charge on any atom is 0.251 e. The molecule has 0 aliphatic heterocycles. The van der Waals surface area contributed by atoms with Crippen LogP contribution in [0.3, 0.4) is 0 Å². The van der Waals surface area contributed by atoms with Crippen molar-refractivity contribution in [3.8, 4) is 0 Å². The van der Waals surface area contributed by atoms with E-state index >= 15 is 0 Å². The third kappa shape index (κ3) is 6.82. The van der Waals surface area contributed by atoms with Crippen molar-refractivity contribution < 1.29 is 4.79 Å². The summed E-state index contributed by atoms with van der Waals surface area (Å²) >= 11 is 0. The molecule has 0 saturated heterocycles. The highest BCUT2D eigenvalue weighted by Crippen LogP contribution is 2.05. The number of unbranched alkanes of at least 4 members (excludes halogenated alkanes) is 3. The van der Waals surface area contributed by atoms with Crippen LogP contribution in [0, 0.1) is 0 Å². The molecule has 0 spiro atoms. The Kier molecular flexibility index (Phi) is 6.97. The third-order valence-electron chi connectivity index (χ3n) is 2.99. The zero-order valence-corrected chi connectivity index (χ0v) is 12.0. The highest BCUT2D eigenvalue weighted by Gasteiger charge is 2.03. The van der Waals surface area contributed by atoms with E-state index in [1.54, 1.807) is 24.3 Å². The Hall–Kier alpha value is -1.55. The molecule has 0 radical (unpaired) electrons. The van der Waals surface area contributed by atoms with Gasteiger partial charge in [-0.05, 0) is 57.7 Å². The van der Waals surface area contributed by atoms with E-state index in [4.69, 9.17) is 5.73 Å². The molecule has 0 atom stereocenters. The van der Waals surface area contributed by atoms with Crippen molar-refractivity contribution in [2.24, 2.45) is 0 Å². The number of carbonyl (C=O) groups excluding carboxylic acids is 1. The molecule has 0 saturated carbocycles. The summed E-state index contributed by atoms with van der Waals surface area (Å²) in [4.78, 5) is 14.0. The molecular weight excluding hydrogens is 238 g/mol. The van der Waals surface area contributed by atoms with Crippen LogP contribution in [0.2, 0.25) is 0 Å². The fourth-order valence-corrected chi connectivity index (χ4v) is 1.85. The van der Waals surface area contributed by atoms with Crippen molar-refractivity contribution in [1.29, 1.82) is 0 Å². The molecule has 0 aliphatic rings. The number of carbonyl (C=O) groups is 1. The fraction of sp³-hybridized carbons (Fsp3) is 0.533. The average Bonchev–Trinajstić information content (AvgIpc) is 2.38. The summed E-state index contributed by atoms with van der Waals surface area (Å²) in [5, 5.41) is 2.93. The lowest BCUT2D eigenvalue weighted by Gasteiger charge is -2.09. The maximum absolute atomic E-state index is 11.8. The summed E-state index contributed by atoms with van der Waals surface area (Å²) < 4.78 is 0. The lowest BCUT2D eigenvalue weighted by Crippen LogP contribution is -2.24. The van der Waals surface area contributed by atoms with Crippen molar-refractivity contribution in [1.82, 2.24) is 10.2 Å². The summed E-state index contributed by atoms with van der Waals surface area (Å²) in [5.74, 6) is -0.0201. The molecule has 0 fully saturated rings. The molecule has 1 amide bonds. The predicted molar refractivity (Wildman–Crippen MR) is 80.2 cm³/mol. The summed E-state index contributed by atoms with van der Waals surface area (Å²) in [6.07, 6.45) is 4.64. The number of nitrogen functional groups attached to an aromatic ring is 1. The topological polar surface area (TPSA) is 58.4 Å². The average molecular weight is 263 g/mol. The molecule has 106 valence electrons. The SMILES string of the molecule is CN(C)CCCCCCNC(=O)c1ccc(N)cc1. The lowest BCUT2D eigenvalue weighted by molar-refractivity contribution is 0.0953. The van der Waals surface area contributed by atoms with E-state index in [-0.39, 0.29) is 5.91 Å². The number of nitrogens with two attached hydrogens (primary N) is 1. The molecule has 0 bridgehead atoms. The molecule has 0 heterocycles. The van der Waals surface area contributed by atoms with Crippen LogP contribution in [0.4, 0.5) is 5.69 Å². The van der Waals surface area contributed by atoms with Gasteiger partial charge in [-0.3, -0.25) is 4.79 Å². The first kappa shape index (κ1) is 15.5. The molecule has 4 heteroatoms. The van der Waals surface area contributed by atoms with Gasteiger partial charge >= 0.3 is 0 Å². The molecule has 1 aromatic rings. The number of benzene rings is 1. The van der Waals surface area contributed by atoms with Crippen LogP contribution in [0.5, 0.6) is 0 Å². The Morgan fingerprint density at radius 3 is 2.37 bits per heavy atom. The quantitative estimate of drug-likeness (QED) is 0.558. The zero-order chi connectivity index (χ0) is 14.1. The minimum absolute atomic E-state index is 0.0201. The lowest BCUT2D eigenvalue weighted by atomic mass is 10.1.